The number of sulfonamides is 1. The molecule has 5 nitrogen and oxygen atoms in total. The standard InChI is InChI=1S/C15H26N2O3S/c1-4-15(2,3)12-17-21(18,19)14-8-6-13(7-9-14)20-11-5-10-16/h6-9,17H,4-5,10-12,16H2,1-3H3. The minimum Gasteiger partial charge on any atom is -0.494 e. The number of hydrogen-bond acceptors (Lipinski definition) is 4. The molecule has 120 valence electrons. The molecule has 1 aromatic rings. The summed E-state index contributed by atoms with van der Waals surface area (Å²) in [5.41, 5.74) is 5.33. The van der Waals surface area contributed by atoms with E-state index >= 15 is 0 Å². The van der Waals surface area contributed by atoms with E-state index in [-0.39, 0.29) is 10.3 Å². The Morgan fingerprint density at radius 3 is 2.38 bits per heavy atom. The molecule has 1 rings (SSSR count). The highest BCUT2D eigenvalue weighted by Crippen LogP contribution is 2.20. The first-order valence-electron chi connectivity index (χ1n) is 7.23. The molecule has 6 heteroatoms. The van der Waals surface area contributed by atoms with E-state index in [4.69, 9.17) is 10.5 Å². The summed E-state index contributed by atoms with van der Waals surface area (Å²) in [4.78, 5) is 0.251. The van der Waals surface area contributed by atoms with Crippen molar-refractivity contribution in [1.82, 2.24) is 4.72 Å². The van der Waals surface area contributed by atoms with Crippen LogP contribution >= 0.6 is 0 Å². The van der Waals surface area contributed by atoms with Crippen LogP contribution < -0.4 is 15.2 Å². The Morgan fingerprint density at radius 1 is 1.24 bits per heavy atom. The average molecular weight is 314 g/mol. The predicted molar refractivity (Wildman–Crippen MR) is 84.9 cm³/mol. The first kappa shape index (κ1) is 17.9. The normalized spacial score (nSPS) is 12.4. The van der Waals surface area contributed by atoms with Crippen LogP contribution in [-0.2, 0) is 10.0 Å². The van der Waals surface area contributed by atoms with Gasteiger partial charge in [-0.2, -0.15) is 0 Å². The number of nitrogens with one attached hydrogen (secondary N) is 1. The summed E-state index contributed by atoms with van der Waals surface area (Å²) in [6.45, 7) is 7.63. The molecular formula is C15H26N2O3S. The fraction of sp³-hybridized carbons (Fsp3) is 0.600. The maximum Gasteiger partial charge on any atom is 0.240 e. The number of ether oxygens (including phenoxy) is 1. The third-order valence-electron chi connectivity index (χ3n) is 3.45. The molecule has 0 spiro atoms. The van der Waals surface area contributed by atoms with Gasteiger partial charge in [0.25, 0.3) is 0 Å². The minimum atomic E-state index is -3.47. The van der Waals surface area contributed by atoms with Crippen molar-refractivity contribution >= 4 is 10.0 Å². The lowest BCUT2D eigenvalue weighted by Crippen LogP contribution is -2.33. The van der Waals surface area contributed by atoms with E-state index < -0.39 is 10.0 Å². The molecule has 0 aliphatic rings. The highest BCUT2D eigenvalue weighted by atomic mass is 32.2. The van der Waals surface area contributed by atoms with Crippen LogP contribution in [0.3, 0.4) is 0 Å². The molecule has 0 saturated heterocycles. The number of nitrogens with two attached hydrogens (primary N) is 1. The minimum absolute atomic E-state index is 0.0572. The second-order valence-electron chi connectivity index (χ2n) is 5.80. The van der Waals surface area contributed by atoms with Gasteiger partial charge >= 0.3 is 0 Å². The number of rotatable bonds is 9. The molecule has 0 aliphatic heterocycles. The van der Waals surface area contributed by atoms with Crippen molar-refractivity contribution in [2.75, 3.05) is 19.7 Å². The maximum atomic E-state index is 12.2. The van der Waals surface area contributed by atoms with Crippen LogP contribution in [-0.4, -0.2) is 28.1 Å². The topological polar surface area (TPSA) is 81.4 Å². The summed E-state index contributed by atoms with van der Waals surface area (Å²) >= 11 is 0. The Bertz CT molecular complexity index is 524. The molecule has 3 N–H and O–H groups in total. The van der Waals surface area contributed by atoms with Crippen molar-refractivity contribution in [2.24, 2.45) is 11.1 Å². The molecule has 0 amide bonds. The van der Waals surface area contributed by atoms with Gasteiger partial charge in [0.05, 0.1) is 11.5 Å². The Morgan fingerprint density at radius 2 is 1.86 bits per heavy atom. The predicted octanol–water partition coefficient (Wildman–Crippen LogP) is 2.13. The van der Waals surface area contributed by atoms with Crippen LogP contribution in [0.15, 0.2) is 29.2 Å². The quantitative estimate of drug-likeness (QED) is 0.684. The molecule has 0 aliphatic carbocycles. The third-order valence-corrected chi connectivity index (χ3v) is 4.87. The fourth-order valence-electron chi connectivity index (χ4n) is 1.49. The average Bonchev–Trinajstić information content (AvgIpc) is 2.46. The van der Waals surface area contributed by atoms with Crippen LogP contribution in [0.25, 0.3) is 0 Å². The van der Waals surface area contributed by atoms with Crippen LogP contribution in [0, 0.1) is 5.41 Å². The van der Waals surface area contributed by atoms with Gasteiger partial charge in [0, 0.05) is 6.54 Å². The lowest BCUT2D eigenvalue weighted by molar-refractivity contribution is 0.313. The second kappa shape index (κ2) is 7.77. The van der Waals surface area contributed by atoms with Gasteiger partial charge in [0.2, 0.25) is 10.0 Å². The summed E-state index contributed by atoms with van der Waals surface area (Å²) in [5, 5.41) is 0. The van der Waals surface area contributed by atoms with Gasteiger partial charge in [0.1, 0.15) is 5.75 Å². The zero-order valence-corrected chi connectivity index (χ0v) is 13.9. The van der Waals surface area contributed by atoms with Gasteiger partial charge in [-0.1, -0.05) is 20.8 Å². The third kappa shape index (κ3) is 6.03. The van der Waals surface area contributed by atoms with Crippen LogP contribution in [0.1, 0.15) is 33.6 Å². The SMILES string of the molecule is CCC(C)(C)CNS(=O)(=O)c1ccc(OCCCN)cc1. The lowest BCUT2D eigenvalue weighted by Gasteiger charge is -2.22. The van der Waals surface area contributed by atoms with Crippen molar-refractivity contribution in [3.8, 4) is 5.75 Å². The molecule has 0 bridgehead atoms. The smallest absolute Gasteiger partial charge is 0.240 e. The largest absolute Gasteiger partial charge is 0.494 e. The Balaban J connectivity index is 2.67. The molecule has 21 heavy (non-hydrogen) atoms. The molecule has 0 atom stereocenters. The van der Waals surface area contributed by atoms with Gasteiger partial charge < -0.3 is 10.5 Å². The van der Waals surface area contributed by atoms with Gasteiger partial charge in [-0.3, -0.25) is 0 Å². The Kier molecular flexibility index (Phi) is 6.64. The van der Waals surface area contributed by atoms with E-state index in [9.17, 15) is 8.42 Å². The van der Waals surface area contributed by atoms with Crippen LogP contribution in [0.2, 0.25) is 0 Å². The second-order valence-corrected chi connectivity index (χ2v) is 7.57. The van der Waals surface area contributed by atoms with Crippen LogP contribution in [0.5, 0.6) is 5.75 Å². The Hall–Kier alpha value is -1.11. The first-order valence-corrected chi connectivity index (χ1v) is 8.71. The van der Waals surface area contributed by atoms with E-state index in [1.807, 2.05) is 20.8 Å². The molecule has 0 heterocycles. The zero-order chi connectivity index (χ0) is 15.9. The van der Waals surface area contributed by atoms with E-state index in [0.717, 1.165) is 12.8 Å². The molecule has 0 aromatic heterocycles. The summed E-state index contributed by atoms with van der Waals surface area (Å²) in [6.07, 6.45) is 1.68. The van der Waals surface area contributed by atoms with Gasteiger partial charge in [0.15, 0.2) is 0 Å². The van der Waals surface area contributed by atoms with Crippen LogP contribution in [0.4, 0.5) is 0 Å². The lowest BCUT2D eigenvalue weighted by atomic mass is 9.91. The monoisotopic (exact) mass is 314 g/mol. The highest BCUT2D eigenvalue weighted by molar-refractivity contribution is 7.89. The summed E-state index contributed by atoms with van der Waals surface area (Å²) < 4.78 is 32.5. The molecule has 0 saturated carbocycles. The van der Waals surface area contributed by atoms with Gasteiger partial charge in [-0.25, -0.2) is 13.1 Å². The summed E-state index contributed by atoms with van der Waals surface area (Å²) in [7, 11) is -3.47. The summed E-state index contributed by atoms with van der Waals surface area (Å²) in [5.74, 6) is 0.649. The van der Waals surface area contributed by atoms with E-state index in [1.54, 1.807) is 24.3 Å². The Labute approximate surface area is 127 Å². The van der Waals surface area contributed by atoms with Crippen molar-refractivity contribution < 1.29 is 13.2 Å². The molecule has 0 radical (unpaired) electrons. The molecule has 0 unspecified atom stereocenters. The van der Waals surface area contributed by atoms with Crippen molar-refractivity contribution in [3.05, 3.63) is 24.3 Å². The van der Waals surface area contributed by atoms with E-state index in [1.165, 1.54) is 0 Å². The maximum absolute atomic E-state index is 12.2. The number of benzene rings is 1. The first-order chi connectivity index (χ1) is 9.80. The van der Waals surface area contributed by atoms with Gasteiger partial charge in [-0.15, -0.1) is 0 Å². The van der Waals surface area contributed by atoms with Crippen molar-refractivity contribution in [1.29, 1.82) is 0 Å². The summed E-state index contributed by atoms with van der Waals surface area (Å²) in [6, 6.07) is 6.43. The zero-order valence-electron chi connectivity index (χ0n) is 13.1. The van der Waals surface area contributed by atoms with E-state index in [0.29, 0.717) is 25.4 Å². The van der Waals surface area contributed by atoms with Gasteiger partial charge in [-0.05, 0) is 49.1 Å². The number of hydrogen-bond donors (Lipinski definition) is 2. The molecule has 1 aromatic carbocycles. The fourth-order valence-corrected chi connectivity index (χ4v) is 2.73. The highest BCUT2D eigenvalue weighted by Gasteiger charge is 2.20. The van der Waals surface area contributed by atoms with Crippen molar-refractivity contribution in [3.63, 3.8) is 0 Å². The van der Waals surface area contributed by atoms with E-state index in [2.05, 4.69) is 4.72 Å². The van der Waals surface area contributed by atoms with Crippen molar-refractivity contribution in [2.45, 2.75) is 38.5 Å². The molecular weight excluding hydrogens is 288 g/mol. The molecule has 0 fully saturated rings.